The number of amides is 1. The van der Waals surface area contributed by atoms with E-state index in [-0.39, 0.29) is 12.3 Å². The van der Waals surface area contributed by atoms with Gasteiger partial charge in [-0.15, -0.1) is 11.3 Å². The summed E-state index contributed by atoms with van der Waals surface area (Å²) in [5, 5.41) is 5.77. The molecule has 2 aromatic heterocycles. The van der Waals surface area contributed by atoms with Gasteiger partial charge in [0.1, 0.15) is 5.01 Å². The maximum absolute atomic E-state index is 12.7. The fourth-order valence-corrected chi connectivity index (χ4v) is 4.20. The maximum Gasteiger partial charge on any atom is 0.230 e. The standard InChI is InChI=1S/C20H19BrN4O2S/c21-14-4-5-18(25-7-9-27-10-8-25)17(11-14)24-19(26)12-15-13-28-20(23-15)16-3-1-2-6-22-16/h1-6,11,13H,7-10,12H2,(H,24,26). The maximum atomic E-state index is 12.7. The van der Waals surface area contributed by atoms with E-state index in [1.165, 1.54) is 11.3 Å². The van der Waals surface area contributed by atoms with Gasteiger partial charge in [0.05, 0.1) is 42.4 Å². The molecular formula is C20H19BrN4O2S. The molecule has 1 amide bonds. The molecule has 28 heavy (non-hydrogen) atoms. The van der Waals surface area contributed by atoms with Crippen molar-refractivity contribution in [3.05, 3.63) is 58.1 Å². The van der Waals surface area contributed by atoms with Gasteiger partial charge in [0, 0.05) is 29.1 Å². The second kappa shape index (κ2) is 8.81. The summed E-state index contributed by atoms with van der Waals surface area (Å²) in [7, 11) is 0. The molecule has 0 radical (unpaired) electrons. The molecule has 144 valence electrons. The van der Waals surface area contributed by atoms with Crippen molar-refractivity contribution >= 4 is 44.5 Å². The highest BCUT2D eigenvalue weighted by atomic mass is 79.9. The van der Waals surface area contributed by atoms with Crippen LogP contribution in [0.25, 0.3) is 10.7 Å². The van der Waals surface area contributed by atoms with Gasteiger partial charge in [-0.2, -0.15) is 0 Å². The lowest BCUT2D eigenvalue weighted by atomic mass is 10.2. The zero-order valence-electron chi connectivity index (χ0n) is 15.1. The SMILES string of the molecule is O=C(Cc1csc(-c2ccccn2)n1)Nc1cc(Br)ccc1N1CCOCC1. The third-order valence-corrected chi connectivity index (χ3v) is 5.77. The molecule has 1 aliphatic heterocycles. The first-order valence-corrected chi connectivity index (χ1v) is 10.6. The highest BCUT2D eigenvalue weighted by Gasteiger charge is 2.17. The largest absolute Gasteiger partial charge is 0.378 e. The van der Waals surface area contributed by atoms with E-state index in [4.69, 9.17) is 4.74 Å². The second-order valence-corrected chi connectivity index (χ2v) is 8.12. The minimum atomic E-state index is -0.0921. The van der Waals surface area contributed by atoms with Crippen molar-refractivity contribution < 1.29 is 9.53 Å². The molecule has 1 saturated heterocycles. The predicted octanol–water partition coefficient (Wildman–Crippen LogP) is 3.99. The number of hydrogen-bond donors (Lipinski definition) is 1. The molecule has 3 heterocycles. The highest BCUT2D eigenvalue weighted by molar-refractivity contribution is 9.10. The molecular weight excluding hydrogens is 440 g/mol. The number of hydrogen-bond acceptors (Lipinski definition) is 6. The summed E-state index contributed by atoms with van der Waals surface area (Å²) in [5.41, 5.74) is 3.36. The van der Waals surface area contributed by atoms with Gasteiger partial charge in [-0.1, -0.05) is 22.0 Å². The van der Waals surface area contributed by atoms with Crippen molar-refractivity contribution in [3.63, 3.8) is 0 Å². The van der Waals surface area contributed by atoms with E-state index in [1.54, 1.807) is 6.20 Å². The average molecular weight is 459 g/mol. The van der Waals surface area contributed by atoms with E-state index in [1.807, 2.05) is 41.8 Å². The average Bonchev–Trinajstić information content (AvgIpc) is 3.18. The molecule has 6 nitrogen and oxygen atoms in total. The number of pyridine rings is 1. The highest BCUT2D eigenvalue weighted by Crippen LogP contribution is 2.30. The van der Waals surface area contributed by atoms with Gasteiger partial charge in [-0.05, 0) is 30.3 Å². The number of benzene rings is 1. The number of thiazole rings is 1. The van der Waals surface area contributed by atoms with Gasteiger partial charge in [-0.3, -0.25) is 9.78 Å². The molecule has 1 N–H and O–H groups in total. The smallest absolute Gasteiger partial charge is 0.230 e. The Morgan fingerprint density at radius 3 is 2.89 bits per heavy atom. The molecule has 0 aliphatic carbocycles. The fraction of sp³-hybridized carbons (Fsp3) is 0.250. The van der Waals surface area contributed by atoms with Crippen molar-refractivity contribution in [1.82, 2.24) is 9.97 Å². The summed E-state index contributed by atoms with van der Waals surface area (Å²) in [6, 6.07) is 11.7. The van der Waals surface area contributed by atoms with Crippen LogP contribution in [-0.4, -0.2) is 42.2 Å². The summed E-state index contributed by atoms with van der Waals surface area (Å²) < 4.78 is 6.36. The minimum Gasteiger partial charge on any atom is -0.378 e. The minimum absolute atomic E-state index is 0.0921. The van der Waals surface area contributed by atoms with Crippen LogP contribution in [0.1, 0.15) is 5.69 Å². The Balaban J connectivity index is 1.47. The number of rotatable bonds is 5. The van der Waals surface area contributed by atoms with Crippen LogP contribution in [-0.2, 0) is 16.0 Å². The van der Waals surface area contributed by atoms with Crippen LogP contribution in [0.4, 0.5) is 11.4 Å². The Morgan fingerprint density at radius 1 is 1.25 bits per heavy atom. The summed E-state index contributed by atoms with van der Waals surface area (Å²) in [4.78, 5) is 23.7. The van der Waals surface area contributed by atoms with Gasteiger partial charge in [0.2, 0.25) is 5.91 Å². The molecule has 0 bridgehead atoms. The Kier molecular flexibility index (Phi) is 5.99. The zero-order chi connectivity index (χ0) is 19.3. The number of aromatic nitrogens is 2. The van der Waals surface area contributed by atoms with Gasteiger partial charge in [0.15, 0.2) is 0 Å². The summed E-state index contributed by atoms with van der Waals surface area (Å²) in [6.45, 7) is 3.01. The quantitative estimate of drug-likeness (QED) is 0.625. The Hall–Kier alpha value is -2.29. The molecule has 1 aliphatic rings. The van der Waals surface area contributed by atoms with Crippen LogP contribution in [0.15, 0.2) is 52.4 Å². The molecule has 8 heteroatoms. The van der Waals surface area contributed by atoms with Crippen LogP contribution < -0.4 is 10.2 Å². The van der Waals surface area contributed by atoms with Crippen LogP contribution in [0.5, 0.6) is 0 Å². The van der Waals surface area contributed by atoms with E-state index in [9.17, 15) is 4.79 Å². The monoisotopic (exact) mass is 458 g/mol. The van der Waals surface area contributed by atoms with E-state index < -0.39 is 0 Å². The number of anilines is 2. The lowest BCUT2D eigenvalue weighted by Crippen LogP contribution is -2.36. The molecule has 0 saturated carbocycles. The van der Waals surface area contributed by atoms with Gasteiger partial charge < -0.3 is 15.0 Å². The van der Waals surface area contributed by atoms with E-state index in [0.717, 1.165) is 45.3 Å². The summed E-state index contributed by atoms with van der Waals surface area (Å²) in [5.74, 6) is -0.0921. The van der Waals surface area contributed by atoms with Crippen LogP contribution >= 0.6 is 27.3 Å². The van der Waals surface area contributed by atoms with Crippen LogP contribution in [0.2, 0.25) is 0 Å². The van der Waals surface area contributed by atoms with Crippen molar-refractivity contribution in [3.8, 4) is 10.7 Å². The Labute approximate surface area is 175 Å². The van der Waals surface area contributed by atoms with Crippen molar-refractivity contribution in [1.29, 1.82) is 0 Å². The van der Waals surface area contributed by atoms with Crippen molar-refractivity contribution in [2.24, 2.45) is 0 Å². The number of morpholine rings is 1. The van der Waals surface area contributed by atoms with Crippen molar-refractivity contribution in [2.75, 3.05) is 36.5 Å². The van der Waals surface area contributed by atoms with Crippen LogP contribution in [0, 0.1) is 0 Å². The number of ether oxygens (including phenoxy) is 1. The molecule has 1 fully saturated rings. The molecule has 3 aromatic rings. The Morgan fingerprint density at radius 2 is 2.11 bits per heavy atom. The van der Waals surface area contributed by atoms with Gasteiger partial charge in [-0.25, -0.2) is 4.98 Å². The number of halogens is 1. The summed E-state index contributed by atoms with van der Waals surface area (Å²) >= 11 is 4.99. The topological polar surface area (TPSA) is 67.4 Å². The predicted molar refractivity (Wildman–Crippen MR) is 115 cm³/mol. The normalized spacial score (nSPS) is 14.1. The molecule has 1 aromatic carbocycles. The number of nitrogens with one attached hydrogen (secondary N) is 1. The lowest BCUT2D eigenvalue weighted by Gasteiger charge is -2.30. The molecule has 4 rings (SSSR count). The number of carbonyl (C=O) groups is 1. The van der Waals surface area contributed by atoms with Gasteiger partial charge >= 0.3 is 0 Å². The Bertz CT molecular complexity index is 958. The zero-order valence-corrected chi connectivity index (χ0v) is 17.5. The first-order valence-electron chi connectivity index (χ1n) is 8.97. The molecule has 0 unspecified atom stereocenters. The van der Waals surface area contributed by atoms with Crippen LogP contribution in [0.3, 0.4) is 0 Å². The number of carbonyl (C=O) groups excluding carboxylic acids is 1. The first kappa shape index (κ1) is 19.0. The molecule has 0 spiro atoms. The van der Waals surface area contributed by atoms with E-state index in [0.29, 0.717) is 13.2 Å². The van der Waals surface area contributed by atoms with Crippen molar-refractivity contribution in [2.45, 2.75) is 6.42 Å². The van der Waals surface area contributed by atoms with E-state index >= 15 is 0 Å². The lowest BCUT2D eigenvalue weighted by molar-refractivity contribution is -0.115. The van der Waals surface area contributed by atoms with Gasteiger partial charge in [0.25, 0.3) is 0 Å². The summed E-state index contributed by atoms with van der Waals surface area (Å²) in [6.07, 6.45) is 1.96. The number of nitrogens with zero attached hydrogens (tertiary/aromatic N) is 3. The first-order chi connectivity index (χ1) is 13.7. The second-order valence-electron chi connectivity index (χ2n) is 6.34. The fourth-order valence-electron chi connectivity index (χ4n) is 3.04. The van der Waals surface area contributed by atoms with E-state index in [2.05, 4.69) is 36.1 Å². The molecule has 0 atom stereocenters. The third-order valence-electron chi connectivity index (χ3n) is 4.36. The third kappa shape index (κ3) is 4.57.